The van der Waals surface area contributed by atoms with E-state index in [1.54, 1.807) is 19.2 Å². The topological polar surface area (TPSA) is 87.7 Å². The molecule has 0 saturated carbocycles. The van der Waals surface area contributed by atoms with Crippen molar-refractivity contribution in [3.8, 4) is 0 Å². The summed E-state index contributed by atoms with van der Waals surface area (Å²) in [6.45, 7) is 3.31. The van der Waals surface area contributed by atoms with Crippen molar-refractivity contribution in [2.45, 2.75) is 30.8 Å². The van der Waals surface area contributed by atoms with E-state index in [9.17, 15) is 13.2 Å². The van der Waals surface area contributed by atoms with Crippen LogP contribution in [0.5, 0.6) is 0 Å². The maximum Gasteiger partial charge on any atom is 0.241 e. The van der Waals surface area contributed by atoms with Gasteiger partial charge in [0.2, 0.25) is 15.9 Å². The van der Waals surface area contributed by atoms with Gasteiger partial charge in [0, 0.05) is 31.6 Å². The molecule has 1 atom stereocenters. The molecule has 3 rings (SSSR count). The maximum absolute atomic E-state index is 12.3. The molecule has 0 aromatic heterocycles. The highest BCUT2D eigenvalue weighted by Crippen LogP contribution is 2.23. The fourth-order valence-corrected chi connectivity index (χ4v) is 4.44. The first-order valence-corrected chi connectivity index (χ1v) is 11.1. The van der Waals surface area contributed by atoms with Crippen LogP contribution in [0.1, 0.15) is 18.4 Å². The van der Waals surface area contributed by atoms with Crippen molar-refractivity contribution in [3.05, 3.63) is 54.1 Å². The zero-order chi connectivity index (χ0) is 20.9. The number of benzene rings is 2. The third-order valence-corrected chi connectivity index (χ3v) is 6.35. The van der Waals surface area contributed by atoms with Gasteiger partial charge in [-0.2, -0.15) is 0 Å². The van der Waals surface area contributed by atoms with Gasteiger partial charge in [-0.1, -0.05) is 12.1 Å². The van der Waals surface area contributed by atoms with E-state index in [1.165, 1.54) is 6.07 Å². The van der Waals surface area contributed by atoms with Gasteiger partial charge in [-0.3, -0.25) is 4.79 Å². The van der Waals surface area contributed by atoms with E-state index in [-0.39, 0.29) is 17.5 Å². The number of carbonyl (C=O) groups excluding carboxylic acids is 1. The van der Waals surface area contributed by atoms with Gasteiger partial charge in [-0.05, 0) is 61.7 Å². The lowest BCUT2D eigenvalue weighted by atomic mass is 10.1. The van der Waals surface area contributed by atoms with Crippen LogP contribution in [0.4, 0.5) is 11.4 Å². The smallest absolute Gasteiger partial charge is 0.241 e. The number of carbonyl (C=O) groups is 1. The van der Waals surface area contributed by atoms with E-state index in [2.05, 4.69) is 14.9 Å². The summed E-state index contributed by atoms with van der Waals surface area (Å²) < 4.78 is 32.4. The minimum Gasteiger partial charge on any atom is -0.380 e. The Hall–Kier alpha value is -2.42. The molecule has 1 amide bonds. The van der Waals surface area contributed by atoms with Crippen LogP contribution in [0.2, 0.25) is 0 Å². The van der Waals surface area contributed by atoms with Crippen molar-refractivity contribution in [2.75, 3.05) is 37.0 Å². The Labute approximate surface area is 172 Å². The van der Waals surface area contributed by atoms with E-state index in [0.717, 1.165) is 37.2 Å². The monoisotopic (exact) mass is 417 g/mol. The third-order valence-electron chi connectivity index (χ3n) is 4.95. The second kappa shape index (κ2) is 9.39. The third kappa shape index (κ3) is 5.79. The number of anilines is 2. The van der Waals surface area contributed by atoms with Crippen LogP contribution in [0, 0.1) is 6.92 Å². The van der Waals surface area contributed by atoms with Gasteiger partial charge in [0.05, 0.1) is 17.5 Å². The summed E-state index contributed by atoms with van der Waals surface area (Å²) in [4.78, 5) is 14.6. The van der Waals surface area contributed by atoms with Gasteiger partial charge in [0.15, 0.2) is 0 Å². The number of hydrogen-bond donors (Lipinski definition) is 2. The van der Waals surface area contributed by atoms with Crippen molar-refractivity contribution < 1.29 is 17.9 Å². The molecule has 0 aliphatic carbocycles. The van der Waals surface area contributed by atoms with Crippen molar-refractivity contribution in [3.63, 3.8) is 0 Å². The lowest BCUT2D eigenvalue weighted by molar-refractivity contribution is -0.115. The summed E-state index contributed by atoms with van der Waals surface area (Å²) in [7, 11) is -1.99. The fourth-order valence-electron chi connectivity index (χ4n) is 3.35. The second-order valence-electron chi connectivity index (χ2n) is 7.18. The Kier molecular flexibility index (Phi) is 6.89. The molecule has 29 heavy (non-hydrogen) atoms. The molecule has 1 fully saturated rings. The van der Waals surface area contributed by atoms with Gasteiger partial charge < -0.3 is 15.0 Å². The number of ether oxygens (including phenoxy) is 1. The summed E-state index contributed by atoms with van der Waals surface area (Å²) in [5.74, 6) is -0.425. The van der Waals surface area contributed by atoms with Gasteiger partial charge >= 0.3 is 0 Å². The molecule has 0 radical (unpaired) electrons. The predicted octanol–water partition coefficient (Wildman–Crippen LogP) is 2.53. The standard InChI is InChI=1S/C21H27N3O4S/c1-16-5-3-7-20(13-16)29(26,27)22-14-21(25)23-17-8-10-18(11-9-17)24-12-4-6-19(15-24)28-2/h3,5,7-11,13,19,22H,4,6,12,14-15H2,1-2H3,(H,23,25). The molecule has 2 aromatic rings. The number of aryl methyl sites for hydroxylation is 1. The van der Waals surface area contributed by atoms with E-state index in [4.69, 9.17) is 4.74 Å². The number of sulfonamides is 1. The highest BCUT2D eigenvalue weighted by molar-refractivity contribution is 7.89. The largest absolute Gasteiger partial charge is 0.380 e. The van der Waals surface area contributed by atoms with E-state index in [1.807, 2.05) is 37.3 Å². The molecule has 1 saturated heterocycles. The number of nitrogens with zero attached hydrogens (tertiary/aromatic N) is 1. The van der Waals surface area contributed by atoms with Crippen LogP contribution in [0.15, 0.2) is 53.4 Å². The molecular formula is C21H27N3O4S. The SMILES string of the molecule is COC1CCCN(c2ccc(NC(=O)CNS(=O)(=O)c3cccc(C)c3)cc2)C1. The maximum atomic E-state index is 12.3. The van der Waals surface area contributed by atoms with Crippen LogP contribution in [-0.4, -0.2) is 47.2 Å². The van der Waals surface area contributed by atoms with E-state index in [0.29, 0.717) is 5.69 Å². The molecule has 0 bridgehead atoms. The molecule has 2 aromatic carbocycles. The number of nitrogens with one attached hydrogen (secondary N) is 2. The lowest BCUT2D eigenvalue weighted by Crippen LogP contribution is -2.39. The molecule has 156 valence electrons. The first-order valence-electron chi connectivity index (χ1n) is 9.61. The molecular weight excluding hydrogens is 390 g/mol. The molecule has 1 aliphatic heterocycles. The van der Waals surface area contributed by atoms with Gasteiger partial charge in [-0.25, -0.2) is 13.1 Å². The zero-order valence-electron chi connectivity index (χ0n) is 16.7. The fraction of sp³-hybridized carbons (Fsp3) is 0.381. The van der Waals surface area contributed by atoms with Crippen LogP contribution in [0.25, 0.3) is 0 Å². The summed E-state index contributed by atoms with van der Waals surface area (Å²) in [6, 6.07) is 14.1. The number of methoxy groups -OCH3 is 1. The van der Waals surface area contributed by atoms with Crippen LogP contribution in [-0.2, 0) is 19.6 Å². The quantitative estimate of drug-likeness (QED) is 0.723. The normalized spacial score (nSPS) is 17.2. The average Bonchev–Trinajstić information content (AvgIpc) is 2.73. The van der Waals surface area contributed by atoms with Gasteiger partial charge in [0.25, 0.3) is 0 Å². The Bertz CT molecular complexity index is 945. The molecule has 0 spiro atoms. The second-order valence-corrected chi connectivity index (χ2v) is 8.95. The minimum atomic E-state index is -3.73. The Morgan fingerprint density at radius 1 is 1.21 bits per heavy atom. The molecule has 8 heteroatoms. The highest BCUT2D eigenvalue weighted by Gasteiger charge is 2.20. The lowest BCUT2D eigenvalue weighted by Gasteiger charge is -2.33. The van der Waals surface area contributed by atoms with Crippen LogP contribution < -0.4 is 14.9 Å². The Balaban J connectivity index is 1.54. The van der Waals surface area contributed by atoms with E-state index < -0.39 is 15.9 Å². The summed E-state index contributed by atoms with van der Waals surface area (Å²) >= 11 is 0. The summed E-state index contributed by atoms with van der Waals surface area (Å²) in [6.07, 6.45) is 2.39. The minimum absolute atomic E-state index is 0.144. The highest BCUT2D eigenvalue weighted by atomic mass is 32.2. The van der Waals surface area contributed by atoms with Crippen LogP contribution >= 0.6 is 0 Å². The van der Waals surface area contributed by atoms with Crippen molar-refractivity contribution in [1.82, 2.24) is 4.72 Å². The molecule has 7 nitrogen and oxygen atoms in total. The van der Waals surface area contributed by atoms with Crippen LogP contribution in [0.3, 0.4) is 0 Å². The summed E-state index contributed by atoms with van der Waals surface area (Å²) in [5.41, 5.74) is 2.53. The molecule has 1 aliphatic rings. The number of rotatable bonds is 7. The van der Waals surface area contributed by atoms with Crippen molar-refractivity contribution >= 4 is 27.3 Å². The zero-order valence-corrected chi connectivity index (χ0v) is 17.5. The number of piperidine rings is 1. The molecule has 1 unspecified atom stereocenters. The van der Waals surface area contributed by atoms with Crippen molar-refractivity contribution in [1.29, 1.82) is 0 Å². The first kappa shape index (κ1) is 21.3. The van der Waals surface area contributed by atoms with Gasteiger partial charge in [0.1, 0.15) is 0 Å². The Morgan fingerprint density at radius 3 is 2.66 bits per heavy atom. The molecule has 1 heterocycles. The average molecular weight is 418 g/mol. The van der Waals surface area contributed by atoms with Gasteiger partial charge in [-0.15, -0.1) is 0 Å². The number of hydrogen-bond acceptors (Lipinski definition) is 5. The number of amides is 1. The first-order chi connectivity index (χ1) is 13.9. The Morgan fingerprint density at radius 2 is 1.97 bits per heavy atom. The van der Waals surface area contributed by atoms with E-state index >= 15 is 0 Å². The van der Waals surface area contributed by atoms with Crippen molar-refractivity contribution in [2.24, 2.45) is 0 Å². The summed E-state index contributed by atoms with van der Waals surface area (Å²) in [5, 5.41) is 2.72. The predicted molar refractivity (Wildman–Crippen MR) is 114 cm³/mol. The molecule has 2 N–H and O–H groups in total.